The number of halogens is 1. The van der Waals surface area contributed by atoms with E-state index in [0.717, 1.165) is 56.4 Å². The number of benzene rings is 2. The molecule has 0 unspecified atom stereocenters. The van der Waals surface area contributed by atoms with Crippen LogP contribution in [0, 0.1) is 11.8 Å². The molecule has 3 aliphatic heterocycles. The number of allylic oxidation sites excluding steroid dienone is 1. The van der Waals surface area contributed by atoms with Crippen molar-refractivity contribution >= 4 is 33.2 Å². The number of aliphatic hydroxyl groups is 1. The largest absolute Gasteiger partial charge is 0.487 e. The minimum atomic E-state index is -4.00. The Balaban J connectivity index is 1.34. The molecule has 2 aromatic carbocycles. The average molecular weight is 658 g/mol. The van der Waals surface area contributed by atoms with Gasteiger partial charge in [0.1, 0.15) is 12.4 Å². The van der Waals surface area contributed by atoms with E-state index < -0.39 is 27.3 Å². The molecule has 4 atom stereocenters. The number of ether oxygens (including phenoxy) is 2. The summed E-state index contributed by atoms with van der Waals surface area (Å²) in [4.78, 5) is 17.9. The summed E-state index contributed by atoms with van der Waals surface area (Å²) in [6.07, 6.45) is 8.72. The van der Waals surface area contributed by atoms with Crippen molar-refractivity contribution < 1.29 is 27.8 Å². The van der Waals surface area contributed by atoms with Crippen LogP contribution in [0.1, 0.15) is 60.0 Å². The summed E-state index contributed by atoms with van der Waals surface area (Å²) in [7, 11) is -4.00. The molecule has 4 aliphatic rings. The summed E-state index contributed by atoms with van der Waals surface area (Å²) in [5, 5.41) is 11.1. The number of nitrogens with zero attached hydrogens (tertiary/aromatic N) is 2. The molecule has 1 amide bonds. The summed E-state index contributed by atoms with van der Waals surface area (Å²) in [5.41, 5.74) is 3.28. The highest BCUT2D eigenvalue weighted by Gasteiger charge is 2.37. The first-order valence-corrected chi connectivity index (χ1v) is 18.2. The Morgan fingerprint density at radius 1 is 1.00 bits per heavy atom. The first-order valence-electron chi connectivity index (χ1n) is 16.3. The standard InChI is InChI=1S/C34H44ClN3O6S/c35-28-11-8-27-23-44-33-13-10-25-20-31(33)38(14-4-3-5-24(27)19-28)21-26-9-12-30(26)32(39)7-2-1-6-29(45(41,42)36-34(25)40)22-37-15-17-43-18-16-37/h2,7-8,10-11,13,19-20,26,29-30,32,39H,1,3-6,9,12,14-18,21-23H2,(H,36,40)/b7-2+/t26-,29-,30+,32-/m0/s1. The zero-order valence-corrected chi connectivity index (χ0v) is 27.3. The molecule has 0 spiro atoms. The van der Waals surface area contributed by atoms with Crippen molar-refractivity contribution in [3.8, 4) is 5.75 Å². The summed E-state index contributed by atoms with van der Waals surface area (Å²) in [6, 6.07) is 11.1. The predicted molar refractivity (Wildman–Crippen MR) is 175 cm³/mol. The summed E-state index contributed by atoms with van der Waals surface area (Å²) >= 11 is 6.32. The smallest absolute Gasteiger partial charge is 0.264 e. The maximum atomic E-state index is 13.7. The van der Waals surface area contributed by atoms with Gasteiger partial charge in [-0.25, -0.2) is 13.1 Å². The van der Waals surface area contributed by atoms with Crippen LogP contribution in [0.2, 0.25) is 5.02 Å². The number of nitrogens with one attached hydrogen (secondary N) is 1. The Bertz CT molecular complexity index is 1490. The summed E-state index contributed by atoms with van der Waals surface area (Å²) in [5.74, 6) is 0.416. The lowest BCUT2D eigenvalue weighted by atomic mass is 9.70. The Labute approximate surface area is 271 Å². The van der Waals surface area contributed by atoms with Gasteiger partial charge in [0.2, 0.25) is 10.0 Å². The molecule has 9 nitrogen and oxygen atoms in total. The molecule has 2 aromatic rings. The Morgan fingerprint density at radius 3 is 2.64 bits per heavy atom. The Kier molecular flexibility index (Phi) is 10.4. The number of anilines is 1. The maximum absolute atomic E-state index is 13.7. The fourth-order valence-electron chi connectivity index (χ4n) is 6.98. The monoisotopic (exact) mass is 657 g/mol. The van der Waals surface area contributed by atoms with E-state index in [2.05, 4.69) is 14.5 Å². The number of carbonyl (C=O) groups excluding carboxylic acids is 1. The number of amides is 1. The van der Waals surface area contributed by atoms with Crippen LogP contribution in [0.5, 0.6) is 5.75 Å². The van der Waals surface area contributed by atoms with E-state index in [1.165, 1.54) is 5.56 Å². The molecule has 1 saturated heterocycles. The zero-order valence-electron chi connectivity index (χ0n) is 25.7. The number of aliphatic hydroxyl groups excluding tert-OH is 1. The highest BCUT2D eigenvalue weighted by atomic mass is 35.5. The van der Waals surface area contributed by atoms with Crippen LogP contribution >= 0.6 is 11.6 Å². The molecule has 3 heterocycles. The lowest BCUT2D eigenvalue weighted by molar-refractivity contribution is 0.0375. The Morgan fingerprint density at radius 2 is 1.84 bits per heavy atom. The fourth-order valence-corrected chi connectivity index (χ4v) is 8.57. The second-order valence-corrected chi connectivity index (χ2v) is 15.2. The fraction of sp³-hybridized carbons (Fsp3) is 0.559. The molecule has 11 heteroatoms. The third-order valence-corrected chi connectivity index (χ3v) is 11.8. The van der Waals surface area contributed by atoms with Gasteiger partial charge in [-0.1, -0.05) is 29.8 Å². The Hall–Kier alpha value is -2.63. The minimum absolute atomic E-state index is 0.127. The molecule has 2 bridgehead atoms. The van der Waals surface area contributed by atoms with Gasteiger partial charge in [-0.05, 0) is 98.2 Å². The van der Waals surface area contributed by atoms with E-state index in [1.807, 2.05) is 30.4 Å². The van der Waals surface area contributed by atoms with E-state index in [0.29, 0.717) is 69.0 Å². The average Bonchev–Trinajstić information content (AvgIpc) is 3.03. The van der Waals surface area contributed by atoms with Crippen LogP contribution < -0.4 is 14.4 Å². The second-order valence-electron chi connectivity index (χ2n) is 12.8. The van der Waals surface area contributed by atoms with Crippen LogP contribution in [0.15, 0.2) is 48.6 Å². The normalized spacial score (nSPS) is 28.7. The third kappa shape index (κ3) is 7.85. The van der Waals surface area contributed by atoms with E-state index in [9.17, 15) is 18.3 Å². The van der Waals surface area contributed by atoms with Crippen LogP contribution in [0.4, 0.5) is 5.69 Å². The molecule has 2 fully saturated rings. The number of carbonyl (C=O) groups is 1. The SMILES string of the molecule is O=C1NS(=O)(=O)[C@H](CN2CCOCC2)CC/C=C/[C@H](O)[C@@H]2CC[C@H]2CN2CCCCc3cc(Cl)ccc3COc3ccc1cc32. The number of rotatable bonds is 2. The second kappa shape index (κ2) is 14.4. The van der Waals surface area contributed by atoms with E-state index in [4.69, 9.17) is 21.1 Å². The van der Waals surface area contributed by atoms with Gasteiger partial charge in [0.05, 0.1) is 30.3 Å². The van der Waals surface area contributed by atoms with Gasteiger partial charge in [0.25, 0.3) is 5.91 Å². The molecular formula is C34H44ClN3O6S. The van der Waals surface area contributed by atoms with Gasteiger partial charge in [-0.15, -0.1) is 0 Å². The molecule has 1 aliphatic carbocycles. The lowest BCUT2D eigenvalue weighted by Crippen LogP contribution is -2.47. The van der Waals surface area contributed by atoms with Crippen LogP contribution in [0.25, 0.3) is 0 Å². The van der Waals surface area contributed by atoms with Crippen molar-refractivity contribution in [3.63, 3.8) is 0 Å². The minimum Gasteiger partial charge on any atom is -0.487 e. The lowest BCUT2D eigenvalue weighted by Gasteiger charge is -2.42. The maximum Gasteiger partial charge on any atom is 0.264 e. The van der Waals surface area contributed by atoms with Crippen molar-refractivity contribution in [1.29, 1.82) is 0 Å². The van der Waals surface area contributed by atoms with Gasteiger partial charge in [-0.2, -0.15) is 0 Å². The number of hydrogen-bond acceptors (Lipinski definition) is 8. The van der Waals surface area contributed by atoms with E-state index in [1.54, 1.807) is 18.2 Å². The number of aryl methyl sites for hydroxylation is 1. The molecule has 45 heavy (non-hydrogen) atoms. The van der Waals surface area contributed by atoms with Crippen molar-refractivity contribution in [3.05, 3.63) is 70.3 Å². The van der Waals surface area contributed by atoms with E-state index in [-0.39, 0.29) is 11.5 Å². The van der Waals surface area contributed by atoms with Crippen LogP contribution in [-0.2, 0) is 27.8 Å². The van der Waals surface area contributed by atoms with Gasteiger partial charge >= 0.3 is 0 Å². The van der Waals surface area contributed by atoms with Crippen molar-refractivity contribution in [1.82, 2.24) is 9.62 Å². The first-order chi connectivity index (χ1) is 21.8. The van der Waals surface area contributed by atoms with Crippen LogP contribution in [-0.4, -0.2) is 81.6 Å². The molecule has 6 rings (SSSR count). The molecule has 1 saturated carbocycles. The molecule has 0 radical (unpaired) electrons. The quantitative estimate of drug-likeness (QED) is 0.453. The highest BCUT2D eigenvalue weighted by Crippen LogP contribution is 2.41. The van der Waals surface area contributed by atoms with Gasteiger partial charge in [-0.3, -0.25) is 9.69 Å². The van der Waals surface area contributed by atoms with Crippen LogP contribution in [0.3, 0.4) is 0 Å². The molecular weight excluding hydrogens is 614 g/mol. The number of hydrogen-bond donors (Lipinski definition) is 2. The molecule has 2 N–H and O–H groups in total. The van der Waals surface area contributed by atoms with Crippen molar-refractivity contribution in [2.75, 3.05) is 50.8 Å². The zero-order chi connectivity index (χ0) is 31.4. The van der Waals surface area contributed by atoms with E-state index >= 15 is 0 Å². The summed E-state index contributed by atoms with van der Waals surface area (Å²) in [6.45, 7) is 4.53. The molecule has 0 aromatic heterocycles. The highest BCUT2D eigenvalue weighted by molar-refractivity contribution is 7.90. The molecule has 244 valence electrons. The number of morpholine rings is 1. The third-order valence-electron chi connectivity index (χ3n) is 9.84. The number of fused-ring (bicyclic) bond motifs is 3. The van der Waals surface area contributed by atoms with Gasteiger partial charge < -0.3 is 19.5 Å². The predicted octanol–water partition coefficient (Wildman–Crippen LogP) is 4.56. The summed E-state index contributed by atoms with van der Waals surface area (Å²) < 4.78 is 41.7. The first kappa shape index (κ1) is 32.3. The van der Waals surface area contributed by atoms with Crippen molar-refractivity contribution in [2.24, 2.45) is 11.8 Å². The van der Waals surface area contributed by atoms with Gasteiger partial charge in [0.15, 0.2) is 0 Å². The van der Waals surface area contributed by atoms with Gasteiger partial charge in [0, 0.05) is 43.3 Å². The van der Waals surface area contributed by atoms with Crippen molar-refractivity contribution in [2.45, 2.75) is 62.9 Å². The topological polar surface area (TPSA) is 108 Å². The number of sulfonamides is 1.